The highest BCUT2D eigenvalue weighted by atomic mass is 16.1. The fraction of sp³-hybridized carbons (Fsp3) is 0.250. The molecule has 0 radical (unpaired) electrons. The highest BCUT2D eigenvalue weighted by Crippen LogP contribution is 2.41. The van der Waals surface area contributed by atoms with Crippen LogP contribution in [0.15, 0.2) is 35.9 Å². The molecule has 0 saturated carbocycles. The van der Waals surface area contributed by atoms with Gasteiger partial charge in [0.15, 0.2) is 0 Å². The summed E-state index contributed by atoms with van der Waals surface area (Å²) in [7, 11) is 0. The third-order valence-corrected chi connectivity index (χ3v) is 4.92. The molecule has 1 fully saturated rings. The van der Waals surface area contributed by atoms with E-state index >= 15 is 0 Å². The van der Waals surface area contributed by atoms with E-state index in [1.165, 1.54) is 6.42 Å². The normalized spacial score (nSPS) is 16.9. The number of Topliss-reactive ketones (excluding diaryl/α,β-unsaturated/α-hetero) is 1. The number of carbonyl (C=O) groups excluding carboxylic acids is 1. The van der Waals surface area contributed by atoms with Crippen LogP contribution in [-0.4, -0.2) is 18.9 Å². The van der Waals surface area contributed by atoms with Crippen molar-refractivity contribution in [3.05, 3.63) is 47.0 Å². The van der Waals surface area contributed by atoms with Crippen molar-refractivity contribution in [2.24, 2.45) is 0 Å². The molecule has 0 amide bonds. The standard InChI is InChI=1S/C20H15N3O/c21-11-15-14-6-4-5-13-7-8-17(23-9-2-1-3-10-23)19(18(13)14)20(24)16(15)12-22/h4-8H,1-3,9-10H2. The molecule has 0 spiro atoms. The number of allylic oxidation sites excluding steroid dienone is 2. The Hall–Kier alpha value is -3.11. The van der Waals surface area contributed by atoms with E-state index in [4.69, 9.17) is 0 Å². The van der Waals surface area contributed by atoms with Crippen molar-refractivity contribution in [3.8, 4) is 12.1 Å². The number of hydrogen-bond acceptors (Lipinski definition) is 4. The number of anilines is 1. The predicted molar refractivity (Wildman–Crippen MR) is 92.5 cm³/mol. The maximum atomic E-state index is 13.0. The van der Waals surface area contributed by atoms with Crippen LogP contribution in [0.5, 0.6) is 0 Å². The lowest BCUT2D eigenvalue weighted by Crippen LogP contribution is -2.31. The Kier molecular flexibility index (Phi) is 3.32. The Morgan fingerprint density at radius 2 is 1.67 bits per heavy atom. The molecular formula is C20H15N3O. The summed E-state index contributed by atoms with van der Waals surface area (Å²) in [5.41, 5.74) is 2.32. The molecule has 0 atom stereocenters. The largest absolute Gasteiger partial charge is 0.371 e. The van der Waals surface area contributed by atoms with Crippen LogP contribution in [-0.2, 0) is 0 Å². The topological polar surface area (TPSA) is 67.9 Å². The Morgan fingerprint density at radius 1 is 0.917 bits per heavy atom. The van der Waals surface area contributed by atoms with E-state index in [-0.39, 0.29) is 16.9 Å². The molecule has 0 bridgehead atoms. The second-order valence-electron chi connectivity index (χ2n) is 6.21. The summed E-state index contributed by atoms with van der Waals surface area (Å²) in [4.78, 5) is 15.2. The Bertz CT molecular complexity index is 982. The van der Waals surface area contributed by atoms with Gasteiger partial charge in [0.1, 0.15) is 17.7 Å². The monoisotopic (exact) mass is 313 g/mol. The Balaban J connectivity index is 2.06. The fourth-order valence-electron chi connectivity index (χ4n) is 3.80. The average Bonchev–Trinajstić information content (AvgIpc) is 2.64. The first kappa shape index (κ1) is 14.5. The summed E-state index contributed by atoms with van der Waals surface area (Å²) in [6.07, 6.45) is 3.43. The van der Waals surface area contributed by atoms with Crippen molar-refractivity contribution in [1.82, 2.24) is 0 Å². The Morgan fingerprint density at radius 3 is 2.38 bits per heavy atom. The van der Waals surface area contributed by atoms with E-state index in [9.17, 15) is 15.3 Å². The maximum Gasteiger partial charge on any atom is 0.207 e. The SMILES string of the molecule is N#CC1=C(C#N)c2cccc3ccc(N4CCCCC4)c(c23)C1=O. The summed E-state index contributed by atoms with van der Waals surface area (Å²) in [5.74, 6) is -0.320. The number of carbonyl (C=O) groups is 1. The van der Waals surface area contributed by atoms with Crippen LogP contribution in [0.25, 0.3) is 16.3 Å². The van der Waals surface area contributed by atoms with Gasteiger partial charge in [-0.3, -0.25) is 4.79 Å². The van der Waals surface area contributed by atoms with Gasteiger partial charge in [0.05, 0.1) is 11.1 Å². The fourth-order valence-corrected chi connectivity index (χ4v) is 3.80. The van der Waals surface area contributed by atoms with Crippen LogP contribution < -0.4 is 4.90 Å². The third kappa shape index (κ3) is 1.94. The van der Waals surface area contributed by atoms with Gasteiger partial charge in [-0.1, -0.05) is 24.3 Å². The zero-order valence-electron chi connectivity index (χ0n) is 13.2. The van der Waals surface area contributed by atoms with Crippen LogP contribution in [0, 0.1) is 22.7 Å². The minimum absolute atomic E-state index is 0.0399. The number of nitriles is 2. The number of nitrogens with zero attached hydrogens (tertiary/aromatic N) is 3. The smallest absolute Gasteiger partial charge is 0.207 e. The molecule has 4 nitrogen and oxygen atoms in total. The molecule has 1 aliphatic carbocycles. The summed E-state index contributed by atoms with van der Waals surface area (Å²) in [6.45, 7) is 1.84. The number of ketones is 1. The molecule has 1 heterocycles. The second-order valence-corrected chi connectivity index (χ2v) is 6.21. The summed E-state index contributed by atoms with van der Waals surface area (Å²) in [6, 6.07) is 13.6. The highest BCUT2D eigenvalue weighted by molar-refractivity contribution is 6.30. The van der Waals surface area contributed by atoms with Gasteiger partial charge in [0, 0.05) is 29.7 Å². The van der Waals surface area contributed by atoms with E-state index in [2.05, 4.69) is 11.0 Å². The van der Waals surface area contributed by atoms with Crippen molar-refractivity contribution >= 4 is 27.8 Å². The minimum atomic E-state index is -0.320. The van der Waals surface area contributed by atoms with E-state index in [0.29, 0.717) is 11.1 Å². The lowest BCUT2D eigenvalue weighted by Gasteiger charge is -2.32. The maximum absolute atomic E-state index is 13.0. The quantitative estimate of drug-likeness (QED) is 0.802. The third-order valence-electron chi connectivity index (χ3n) is 4.92. The molecule has 2 aromatic rings. The zero-order chi connectivity index (χ0) is 16.7. The number of benzene rings is 2. The van der Waals surface area contributed by atoms with Gasteiger partial charge >= 0.3 is 0 Å². The molecule has 0 N–H and O–H groups in total. The molecule has 4 rings (SSSR count). The average molecular weight is 313 g/mol. The van der Waals surface area contributed by atoms with E-state index in [0.717, 1.165) is 42.4 Å². The molecule has 1 aliphatic heterocycles. The molecule has 24 heavy (non-hydrogen) atoms. The number of rotatable bonds is 1. The van der Waals surface area contributed by atoms with Gasteiger partial charge in [0.2, 0.25) is 5.78 Å². The summed E-state index contributed by atoms with van der Waals surface area (Å²) >= 11 is 0. The van der Waals surface area contributed by atoms with Gasteiger partial charge in [-0.25, -0.2) is 0 Å². The first-order chi connectivity index (χ1) is 11.8. The number of hydrogen-bond donors (Lipinski definition) is 0. The lowest BCUT2D eigenvalue weighted by atomic mass is 9.82. The molecular weight excluding hydrogens is 298 g/mol. The van der Waals surface area contributed by atoms with E-state index in [1.54, 1.807) is 0 Å². The highest BCUT2D eigenvalue weighted by Gasteiger charge is 2.31. The molecule has 1 saturated heterocycles. The molecule has 4 heteroatoms. The van der Waals surface area contributed by atoms with Crippen LogP contribution >= 0.6 is 0 Å². The van der Waals surface area contributed by atoms with Gasteiger partial charge in [-0.15, -0.1) is 0 Å². The summed E-state index contributed by atoms with van der Waals surface area (Å²) < 4.78 is 0. The minimum Gasteiger partial charge on any atom is -0.371 e. The van der Waals surface area contributed by atoms with Crippen molar-refractivity contribution in [2.45, 2.75) is 19.3 Å². The van der Waals surface area contributed by atoms with E-state index in [1.807, 2.05) is 36.4 Å². The van der Waals surface area contributed by atoms with Crippen molar-refractivity contribution in [1.29, 1.82) is 10.5 Å². The van der Waals surface area contributed by atoms with Crippen molar-refractivity contribution in [3.63, 3.8) is 0 Å². The molecule has 2 aromatic carbocycles. The van der Waals surface area contributed by atoms with Crippen molar-refractivity contribution < 1.29 is 4.79 Å². The molecule has 0 aromatic heterocycles. The van der Waals surface area contributed by atoms with Crippen molar-refractivity contribution in [2.75, 3.05) is 18.0 Å². The lowest BCUT2D eigenvalue weighted by molar-refractivity contribution is 0.104. The van der Waals surface area contributed by atoms with Crippen LogP contribution in [0.3, 0.4) is 0 Å². The van der Waals surface area contributed by atoms with Crippen LogP contribution in [0.4, 0.5) is 5.69 Å². The molecule has 116 valence electrons. The van der Waals surface area contributed by atoms with E-state index < -0.39 is 0 Å². The predicted octanol–water partition coefficient (Wildman–Crippen LogP) is 3.83. The second kappa shape index (κ2) is 5.51. The van der Waals surface area contributed by atoms with Crippen LogP contribution in [0.1, 0.15) is 35.2 Å². The van der Waals surface area contributed by atoms with Gasteiger partial charge in [-0.05, 0) is 30.7 Å². The first-order valence-electron chi connectivity index (χ1n) is 8.16. The first-order valence-corrected chi connectivity index (χ1v) is 8.16. The van der Waals surface area contributed by atoms with Gasteiger partial charge < -0.3 is 4.90 Å². The molecule has 0 unspecified atom stereocenters. The van der Waals surface area contributed by atoms with Crippen LogP contribution in [0.2, 0.25) is 0 Å². The Labute approximate surface area is 140 Å². The summed E-state index contributed by atoms with van der Waals surface area (Å²) in [5, 5.41) is 20.7. The van der Waals surface area contributed by atoms with Gasteiger partial charge in [0.25, 0.3) is 0 Å². The van der Waals surface area contributed by atoms with Gasteiger partial charge in [-0.2, -0.15) is 10.5 Å². The number of piperidine rings is 1. The zero-order valence-corrected chi connectivity index (χ0v) is 13.2. The molecule has 2 aliphatic rings.